The van der Waals surface area contributed by atoms with Crippen molar-refractivity contribution in [3.05, 3.63) is 51.2 Å². The molecule has 2 fully saturated rings. The molecule has 26 heavy (non-hydrogen) atoms. The minimum absolute atomic E-state index is 0.0241. The average molecular weight is 376 g/mol. The first-order chi connectivity index (χ1) is 12.6. The molecule has 1 aliphatic carbocycles. The number of hydrogen-bond donors (Lipinski definition) is 1. The summed E-state index contributed by atoms with van der Waals surface area (Å²) in [5.74, 6) is 2.18. The van der Waals surface area contributed by atoms with Crippen LogP contribution in [-0.2, 0) is 6.54 Å². The normalized spacial score (nSPS) is 20.6. The summed E-state index contributed by atoms with van der Waals surface area (Å²) >= 11 is 6.17. The Kier molecular flexibility index (Phi) is 4.98. The molecule has 1 saturated carbocycles. The molecule has 1 aliphatic heterocycles. The lowest BCUT2D eigenvalue weighted by atomic mass is 10.1. The highest BCUT2D eigenvalue weighted by Crippen LogP contribution is 2.33. The van der Waals surface area contributed by atoms with Gasteiger partial charge >= 0.3 is 0 Å². The van der Waals surface area contributed by atoms with Crippen LogP contribution in [0.2, 0.25) is 5.02 Å². The second-order valence-electron chi connectivity index (χ2n) is 7.20. The summed E-state index contributed by atoms with van der Waals surface area (Å²) in [5, 5.41) is 14.6. The number of nitro benzene ring substituents is 1. The van der Waals surface area contributed by atoms with Crippen LogP contribution < -0.4 is 5.32 Å². The largest absolute Gasteiger partial charge is 0.460 e. The molecular formula is C19H22ClN3O3. The zero-order chi connectivity index (χ0) is 18.1. The highest BCUT2D eigenvalue weighted by atomic mass is 35.5. The lowest BCUT2D eigenvalue weighted by molar-refractivity contribution is -0.384. The number of nitrogens with zero attached hydrogens (tertiary/aromatic N) is 2. The van der Waals surface area contributed by atoms with Crippen molar-refractivity contribution in [2.45, 2.75) is 31.8 Å². The van der Waals surface area contributed by atoms with Gasteiger partial charge in [0.25, 0.3) is 5.69 Å². The van der Waals surface area contributed by atoms with Gasteiger partial charge in [-0.1, -0.05) is 11.6 Å². The fourth-order valence-corrected chi connectivity index (χ4v) is 3.90. The van der Waals surface area contributed by atoms with Crippen LogP contribution >= 0.6 is 11.6 Å². The first-order valence-electron chi connectivity index (χ1n) is 9.08. The quantitative estimate of drug-likeness (QED) is 0.583. The Morgan fingerprint density at radius 3 is 2.85 bits per heavy atom. The van der Waals surface area contributed by atoms with Gasteiger partial charge in [-0.15, -0.1) is 0 Å². The number of non-ortho nitro benzene ring substituents is 1. The maximum Gasteiger partial charge on any atom is 0.270 e. The summed E-state index contributed by atoms with van der Waals surface area (Å²) in [5.41, 5.74) is 0.642. The van der Waals surface area contributed by atoms with Gasteiger partial charge in [0.05, 0.1) is 16.5 Å². The summed E-state index contributed by atoms with van der Waals surface area (Å²) < 4.78 is 5.86. The molecule has 4 rings (SSSR count). The van der Waals surface area contributed by atoms with E-state index >= 15 is 0 Å². The third kappa shape index (κ3) is 3.92. The third-order valence-corrected chi connectivity index (χ3v) is 5.52. The lowest BCUT2D eigenvalue weighted by Crippen LogP contribution is -2.27. The summed E-state index contributed by atoms with van der Waals surface area (Å²) in [6, 6.07) is 9.05. The molecule has 0 spiro atoms. The highest BCUT2D eigenvalue weighted by Gasteiger charge is 2.34. The zero-order valence-corrected chi connectivity index (χ0v) is 15.2. The summed E-state index contributed by atoms with van der Waals surface area (Å²) in [7, 11) is 0. The molecule has 0 amide bonds. The first kappa shape index (κ1) is 17.5. The molecule has 1 aromatic carbocycles. The van der Waals surface area contributed by atoms with Crippen LogP contribution in [0.15, 0.2) is 34.7 Å². The number of rotatable bonds is 7. The van der Waals surface area contributed by atoms with Crippen LogP contribution in [0, 0.1) is 16.0 Å². The molecule has 6 nitrogen and oxygen atoms in total. The van der Waals surface area contributed by atoms with E-state index in [4.69, 9.17) is 16.0 Å². The van der Waals surface area contributed by atoms with Crippen LogP contribution in [0.3, 0.4) is 0 Å². The van der Waals surface area contributed by atoms with Gasteiger partial charge in [0.2, 0.25) is 0 Å². The van der Waals surface area contributed by atoms with Crippen LogP contribution in [0.5, 0.6) is 0 Å². The van der Waals surface area contributed by atoms with Crippen molar-refractivity contribution in [3.8, 4) is 11.3 Å². The predicted molar refractivity (Wildman–Crippen MR) is 100 cm³/mol. The maximum absolute atomic E-state index is 10.8. The van der Waals surface area contributed by atoms with Crippen molar-refractivity contribution in [3.63, 3.8) is 0 Å². The number of hydrogen-bond acceptors (Lipinski definition) is 5. The maximum atomic E-state index is 10.8. The van der Waals surface area contributed by atoms with Gasteiger partial charge < -0.3 is 14.6 Å². The second-order valence-corrected chi connectivity index (χ2v) is 7.61. The minimum Gasteiger partial charge on any atom is -0.460 e. The molecule has 1 atom stereocenters. The number of benzene rings is 1. The molecule has 1 aromatic heterocycles. The van der Waals surface area contributed by atoms with Crippen LogP contribution in [0.25, 0.3) is 11.3 Å². The van der Waals surface area contributed by atoms with Crippen molar-refractivity contribution < 1.29 is 9.34 Å². The number of nitrogens with one attached hydrogen (secondary N) is 1. The Morgan fingerprint density at radius 2 is 2.12 bits per heavy atom. The number of nitro groups is 1. The van der Waals surface area contributed by atoms with Crippen LogP contribution in [0.4, 0.5) is 5.69 Å². The predicted octanol–water partition coefficient (Wildman–Crippen LogP) is 4.08. The highest BCUT2D eigenvalue weighted by molar-refractivity contribution is 6.33. The van der Waals surface area contributed by atoms with E-state index in [1.807, 2.05) is 12.1 Å². The van der Waals surface area contributed by atoms with Gasteiger partial charge in [-0.25, -0.2) is 0 Å². The fraction of sp³-hybridized carbons (Fsp3) is 0.474. The molecule has 0 radical (unpaired) electrons. The van der Waals surface area contributed by atoms with Crippen LogP contribution in [-0.4, -0.2) is 35.5 Å². The molecule has 1 unspecified atom stereocenters. The topological polar surface area (TPSA) is 71.6 Å². The second kappa shape index (κ2) is 7.39. The smallest absolute Gasteiger partial charge is 0.270 e. The molecule has 2 heterocycles. The summed E-state index contributed by atoms with van der Waals surface area (Å²) in [6.07, 6.45) is 4.02. The average Bonchev–Trinajstić information content (AvgIpc) is 3.18. The number of furan rings is 1. The van der Waals surface area contributed by atoms with Crippen molar-refractivity contribution in [1.29, 1.82) is 0 Å². The van der Waals surface area contributed by atoms with E-state index < -0.39 is 4.92 Å². The van der Waals surface area contributed by atoms with E-state index in [1.165, 1.54) is 44.5 Å². The molecule has 7 heteroatoms. The zero-order valence-electron chi connectivity index (χ0n) is 14.5. The SMILES string of the molecule is O=[N+]([O-])c1ccc(-c2ccc(CNCC3CCN(C4CC4)C3)o2)c(Cl)c1. The first-order valence-corrected chi connectivity index (χ1v) is 9.46. The molecule has 0 bridgehead atoms. The number of likely N-dealkylation sites (tertiary alicyclic amines) is 1. The Bertz CT molecular complexity index is 803. The van der Waals surface area contributed by atoms with E-state index in [0.29, 0.717) is 28.8 Å². The molecule has 2 aromatic rings. The third-order valence-electron chi connectivity index (χ3n) is 5.20. The Morgan fingerprint density at radius 1 is 1.27 bits per heavy atom. The number of halogens is 1. The van der Waals surface area contributed by atoms with Crippen molar-refractivity contribution in [1.82, 2.24) is 10.2 Å². The van der Waals surface area contributed by atoms with E-state index in [1.54, 1.807) is 6.07 Å². The van der Waals surface area contributed by atoms with Crippen molar-refractivity contribution >= 4 is 17.3 Å². The van der Waals surface area contributed by atoms with E-state index in [-0.39, 0.29) is 5.69 Å². The Balaban J connectivity index is 1.31. The summed E-state index contributed by atoms with van der Waals surface area (Å²) in [6.45, 7) is 4.11. The molecule has 1 saturated heterocycles. The van der Waals surface area contributed by atoms with Gasteiger partial charge in [0.15, 0.2) is 0 Å². The summed E-state index contributed by atoms with van der Waals surface area (Å²) in [4.78, 5) is 13.0. The van der Waals surface area contributed by atoms with E-state index in [2.05, 4.69) is 10.2 Å². The Labute approximate surface area is 157 Å². The monoisotopic (exact) mass is 375 g/mol. The Hall–Kier alpha value is -1.89. The fourth-order valence-electron chi connectivity index (χ4n) is 3.64. The van der Waals surface area contributed by atoms with Crippen molar-refractivity contribution in [2.24, 2.45) is 5.92 Å². The van der Waals surface area contributed by atoms with Crippen LogP contribution in [0.1, 0.15) is 25.0 Å². The minimum atomic E-state index is -0.458. The lowest BCUT2D eigenvalue weighted by Gasteiger charge is -2.14. The van der Waals surface area contributed by atoms with Gasteiger partial charge in [0.1, 0.15) is 11.5 Å². The van der Waals surface area contributed by atoms with Gasteiger partial charge in [-0.3, -0.25) is 10.1 Å². The molecular weight excluding hydrogens is 354 g/mol. The van der Waals surface area contributed by atoms with Gasteiger partial charge in [0, 0.05) is 30.3 Å². The standard InChI is InChI=1S/C19H22ClN3O3/c20-18-9-15(23(24)25)3-5-17(18)19-6-4-16(26-19)11-21-10-13-7-8-22(12-13)14-1-2-14/h3-6,9,13-14,21H,1-2,7-8,10-12H2. The van der Waals surface area contributed by atoms with E-state index in [9.17, 15) is 10.1 Å². The van der Waals surface area contributed by atoms with Crippen molar-refractivity contribution in [2.75, 3.05) is 19.6 Å². The van der Waals surface area contributed by atoms with Gasteiger partial charge in [-0.05, 0) is 56.5 Å². The van der Waals surface area contributed by atoms with Gasteiger partial charge in [-0.2, -0.15) is 0 Å². The molecule has 138 valence electrons. The van der Waals surface area contributed by atoms with E-state index in [0.717, 1.165) is 18.3 Å². The molecule has 1 N–H and O–H groups in total. The molecule has 2 aliphatic rings.